The van der Waals surface area contributed by atoms with Crippen molar-refractivity contribution >= 4 is 23.2 Å². The highest BCUT2D eigenvalue weighted by Gasteiger charge is 2.30. The first-order valence-electron chi connectivity index (χ1n) is 7.11. The van der Waals surface area contributed by atoms with Crippen LogP contribution in [0.4, 0.5) is 5.69 Å². The summed E-state index contributed by atoms with van der Waals surface area (Å²) in [7, 11) is 0. The quantitative estimate of drug-likeness (QED) is 0.883. The molecule has 0 unspecified atom stereocenters. The number of hydrogen-bond donors (Lipinski definition) is 1. The molecule has 0 aliphatic rings. The molecule has 0 atom stereocenters. The van der Waals surface area contributed by atoms with Gasteiger partial charge in [0.1, 0.15) is 5.75 Å². The van der Waals surface area contributed by atoms with E-state index in [4.69, 9.17) is 16.3 Å². The Labute approximate surface area is 136 Å². The Balaban J connectivity index is 2.09. The second kappa shape index (κ2) is 6.41. The first kappa shape index (κ1) is 16.4. The molecule has 1 N–H and O–H groups in total. The van der Waals surface area contributed by atoms with Crippen LogP contribution in [0.2, 0.25) is 5.02 Å². The molecule has 2 aromatic rings. The van der Waals surface area contributed by atoms with Gasteiger partial charge in [0.15, 0.2) is 5.60 Å². The highest BCUT2D eigenvalue weighted by Crippen LogP contribution is 2.22. The molecule has 0 saturated heterocycles. The monoisotopic (exact) mass is 317 g/mol. The number of benzene rings is 2. The van der Waals surface area contributed by atoms with Crippen molar-refractivity contribution in [3.05, 3.63) is 58.6 Å². The smallest absolute Gasteiger partial charge is 0.267 e. The van der Waals surface area contributed by atoms with Crippen molar-refractivity contribution in [3.8, 4) is 5.75 Å². The SMILES string of the molecule is Cc1ccc(NC(=O)C(C)(C)Oc2ccc(Cl)cc2)cc1C. The lowest BCUT2D eigenvalue weighted by Crippen LogP contribution is -2.42. The van der Waals surface area contributed by atoms with Crippen molar-refractivity contribution in [2.75, 3.05) is 5.32 Å². The van der Waals surface area contributed by atoms with Crippen LogP contribution in [0, 0.1) is 13.8 Å². The van der Waals surface area contributed by atoms with Gasteiger partial charge < -0.3 is 10.1 Å². The maximum atomic E-state index is 12.4. The van der Waals surface area contributed by atoms with E-state index in [0.29, 0.717) is 10.8 Å². The molecular weight excluding hydrogens is 298 g/mol. The molecule has 2 rings (SSSR count). The van der Waals surface area contributed by atoms with Gasteiger partial charge >= 0.3 is 0 Å². The van der Waals surface area contributed by atoms with Crippen molar-refractivity contribution in [2.45, 2.75) is 33.3 Å². The molecule has 4 heteroatoms. The topological polar surface area (TPSA) is 38.3 Å². The van der Waals surface area contributed by atoms with Crippen molar-refractivity contribution in [2.24, 2.45) is 0 Å². The van der Waals surface area contributed by atoms with Gasteiger partial charge in [-0.25, -0.2) is 0 Å². The summed E-state index contributed by atoms with van der Waals surface area (Å²) in [6.45, 7) is 7.52. The minimum Gasteiger partial charge on any atom is -0.478 e. The standard InChI is InChI=1S/C18H20ClNO2/c1-12-5-8-15(11-13(12)2)20-17(21)18(3,4)22-16-9-6-14(19)7-10-16/h5-11H,1-4H3,(H,20,21). The van der Waals surface area contributed by atoms with E-state index in [1.165, 1.54) is 5.56 Å². The van der Waals surface area contributed by atoms with Crippen LogP contribution in [0.15, 0.2) is 42.5 Å². The fourth-order valence-electron chi connectivity index (χ4n) is 1.94. The van der Waals surface area contributed by atoms with Crippen LogP contribution in [0.1, 0.15) is 25.0 Å². The van der Waals surface area contributed by atoms with E-state index in [1.54, 1.807) is 38.1 Å². The van der Waals surface area contributed by atoms with Crippen LogP contribution >= 0.6 is 11.6 Å². The maximum Gasteiger partial charge on any atom is 0.267 e. The number of amides is 1. The molecule has 0 spiro atoms. The van der Waals surface area contributed by atoms with Gasteiger partial charge in [0, 0.05) is 10.7 Å². The fraction of sp³-hybridized carbons (Fsp3) is 0.278. The van der Waals surface area contributed by atoms with E-state index < -0.39 is 5.60 Å². The van der Waals surface area contributed by atoms with Crippen molar-refractivity contribution < 1.29 is 9.53 Å². The third kappa shape index (κ3) is 4.01. The average molecular weight is 318 g/mol. The van der Waals surface area contributed by atoms with Crippen molar-refractivity contribution in [3.63, 3.8) is 0 Å². The Morgan fingerprint density at radius 2 is 1.68 bits per heavy atom. The third-order valence-corrected chi connectivity index (χ3v) is 3.75. The fourth-order valence-corrected chi connectivity index (χ4v) is 2.07. The number of carbonyl (C=O) groups excluding carboxylic acids is 1. The average Bonchev–Trinajstić information content (AvgIpc) is 2.45. The number of hydrogen-bond acceptors (Lipinski definition) is 2. The van der Waals surface area contributed by atoms with Crippen LogP contribution in [0.25, 0.3) is 0 Å². The minimum atomic E-state index is -0.993. The van der Waals surface area contributed by atoms with Gasteiger partial charge in [-0.1, -0.05) is 17.7 Å². The third-order valence-electron chi connectivity index (χ3n) is 3.50. The van der Waals surface area contributed by atoms with Crippen LogP contribution in [-0.2, 0) is 4.79 Å². The summed E-state index contributed by atoms with van der Waals surface area (Å²) in [5.41, 5.74) is 2.09. The summed E-state index contributed by atoms with van der Waals surface area (Å²) >= 11 is 5.85. The zero-order chi connectivity index (χ0) is 16.3. The van der Waals surface area contributed by atoms with E-state index in [0.717, 1.165) is 11.3 Å². The molecule has 1 amide bonds. The summed E-state index contributed by atoms with van der Waals surface area (Å²) in [4.78, 5) is 12.4. The van der Waals surface area contributed by atoms with E-state index in [9.17, 15) is 4.79 Å². The van der Waals surface area contributed by atoms with Crippen LogP contribution in [0.5, 0.6) is 5.75 Å². The molecule has 0 heterocycles. The highest BCUT2D eigenvalue weighted by molar-refractivity contribution is 6.30. The van der Waals surface area contributed by atoms with E-state index in [-0.39, 0.29) is 5.91 Å². The molecule has 116 valence electrons. The Morgan fingerprint density at radius 1 is 1.05 bits per heavy atom. The number of halogens is 1. The molecule has 0 fully saturated rings. The molecule has 0 saturated carbocycles. The van der Waals surface area contributed by atoms with Gasteiger partial charge in [-0.2, -0.15) is 0 Å². The lowest BCUT2D eigenvalue weighted by atomic mass is 10.1. The molecule has 2 aromatic carbocycles. The number of ether oxygens (including phenoxy) is 1. The number of anilines is 1. The Morgan fingerprint density at radius 3 is 2.27 bits per heavy atom. The maximum absolute atomic E-state index is 12.4. The van der Waals surface area contributed by atoms with Crippen molar-refractivity contribution in [1.82, 2.24) is 0 Å². The number of aryl methyl sites for hydroxylation is 2. The first-order valence-corrected chi connectivity index (χ1v) is 7.49. The highest BCUT2D eigenvalue weighted by atomic mass is 35.5. The predicted molar refractivity (Wildman–Crippen MR) is 90.7 cm³/mol. The van der Waals surface area contributed by atoms with Crippen LogP contribution in [-0.4, -0.2) is 11.5 Å². The zero-order valence-corrected chi connectivity index (χ0v) is 14.0. The lowest BCUT2D eigenvalue weighted by Gasteiger charge is -2.25. The number of rotatable bonds is 4. The molecule has 0 aromatic heterocycles. The van der Waals surface area contributed by atoms with Gasteiger partial charge in [0.05, 0.1) is 0 Å². The van der Waals surface area contributed by atoms with Crippen LogP contribution in [0.3, 0.4) is 0 Å². The largest absolute Gasteiger partial charge is 0.478 e. The normalized spacial score (nSPS) is 11.1. The molecule has 3 nitrogen and oxygen atoms in total. The minimum absolute atomic E-state index is 0.203. The summed E-state index contributed by atoms with van der Waals surface area (Å²) in [6.07, 6.45) is 0. The van der Waals surface area contributed by atoms with Gasteiger partial charge in [-0.15, -0.1) is 0 Å². The molecule has 0 aliphatic carbocycles. The molecule has 22 heavy (non-hydrogen) atoms. The summed E-state index contributed by atoms with van der Waals surface area (Å²) < 4.78 is 5.77. The Bertz CT molecular complexity index is 678. The second-order valence-corrected chi connectivity index (χ2v) is 6.26. The van der Waals surface area contributed by atoms with Crippen molar-refractivity contribution in [1.29, 1.82) is 0 Å². The second-order valence-electron chi connectivity index (χ2n) is 5.82. The number of nitrogens with one attached hydrogen (secondary N) is 1. The molecule has 0 bridgehead atoms. The van der Waals surface area contributed by atoms with Gasteiger partial charge in [-0.3, -0.25) is 4.79 Å². The van der Waals surface area contributed by atoms with Gasteiger partial charge in [0.25, 0.3) is 5.91 Å². The van der Waals surface area contributed by atoms with E-state index in [2.05, 4.69) is 5.32 Å². The Kier molecular flexibility index (Phi) is 4.77. The molecule has 0 aliphatic heterocycles. The van der Waals surface area contributed by atoms with Gasteiger partial charge in [-0.05, 0) is 75.2 Å². The predicted octanol–water partition coefficient (Wildman–Crippen LogP) is 4.75. The number of carbonyl (C=O) groups is 1. The molecular formula is C18H20ClNO2. The summed E-state index contributed by atoms with van der Waals surface area (Å²) in [6, 6.07) is 12.8. The first-order chi connectivity index (χ1) is 10.3. The van der Waals surface area contributed by atoms with Gasteiger partial charge in [0.2, 0.25) is 0 Å². The summed E-state index contributed by atoms with van der Waals surface area (Å²) in [5, 5.41) is 3.52. The lowest BCUT2D eigenvalue weighted by molar-refractivity contribution is -0.128. The molecule has 0 radical (unpaired) electrons. The van der Waals surface area contributed by atoms with Crippen LogP contribution < -0.4 is 10.1 Å². The summed E-state index contributed by atoms with van der Waals surface area (Å²) in [5.74, 6) is 0.398. The van der Waals surface area contributed by atoms with E-state index in [1.807, 2.05) is 32.0 Å². The Hall–Kier alpha value is -2.00. The van der Waals surface area contributed by atoms with E-state index >= 15 is 0 Å². The zero-order valence-electron chi connectivity index (χ0n) is 13.2.